The van der Waals surface area contributed by atoms with Crippen molar-refractivity contribution in [3.05, 3.63) is 11.6 Å². The van der Waals surface area contributed by atoms with Crippen LogP contribution in [0.5, 0.6) is 0 Å². The van der Waals surface area contributed by atoms with Gasteiger partial charge in [0.2, 0.25) is 0 Å². The van der Waals surface area contributed by atoms with Gasteiger partial charge in [0.1, 0.15) is 0 Å². The first kappa shape index (κ1) is 17.1. The molecule has 0 aromatic rings. The average Bonchev–Trinajstić information content (AvgIpc) is 2.97. The molecule has 4 aliphatic carbocycles. The Hall–Kier alpha value is -1.32. The van der Waals surface area contributed by atoms with Crippen molar-refractivity contribution in [3.8, 4) is 0 Å². The van der Waals surface area contributed by atoms with Gasteiger partial charge in [0.05, 0.1) is 11.4 Å². The van der Waals surface area contributed by atoms with Crippen LogP contribution in [0.25, 0.3) is 0 Å². The molecule has 0 saturated heterocycles. The highest BCUT2D eigenvalue weighted by Gasteiger charge is 2.58. The smallest absolute Gasteiger partial charge is 0.0799 e. The standard InChI is InChI=1S/C21H32N2O2/c1-13(22-24)17-6-7-18-16-5-4-14-12-15(23-25)8-10-20(14,2)19(16)9-11-21(17,18)3/h6,14,16,18-19,24-25H,4-5,7-12H2,1-3H3. The Morgan fingerprint density at radius 3 is 2.64 bits per heavy atom. The van der Waals surface area contributed by atoms with E-state index < -0.39 is 0 Å². The van der Waals surface area contributed by atoms with E-state index in [1.54, 1.807) is 0 Å². The fourth-order valence-corrected chi connectivity index (χ4v) is 7.33. The molecule has 4 rings (SSSR count). The van der Waals surface area contributed by atoms with E-state index in [-0.39, 0.29) is 5.41 Å². The summed E-state index contributed by atoms with van der Waals surface area (Å²) in [5.41, 5.74) is 3.71. The predicted octanol–water partition coefficient (Wildman–Crippen LogP) is 5.25. The first-order chi connectivity index (χ1) is 11.9. The molecule has 2 N–H and O–H groups in total. The number of fused-ring (bicyclic) bond motifs is 5. The van der Waals surface area contributed by atoms with Crippen LogP contribution in [0, 0.1) is 34.5 Å². The molecule has 25 heavy (non-hydrogen) atoms. The number of allylic oxidation sites excluding steroid dienone is 2. The molecule has 3 fully saturated rings. The summed E-state index contributed by atoms with van der Waals surface area (Å²) in [5, 5.41) is 25.6. The van der Waals surface area contributed by atoms with Crippen molar-refractivity contribution in [1.82, 2.24) is 0 Å². The second-order valence-corrected chi connectivity index (χ2v) is 9.52. The monoisotopic (exact) mass is 344 g/mol. The molecule has 0 aromatic heterocycles. The van der Waals surface area contributed by atoms with E-state index in [2.05, 4.69) is 30.2 Å². The lowest BCUT2D eigenvalue weighted by Crippen LogP contribution is -2.53. The Labute approximate surface area is 151 Å². The van der Waals surface area contributed by atoms with Crippen molar-refractivity contribution >= 4 is 11.4 Å². The Balaban J connectivity index is 1.61. The van der Waals surface area contributed by atoms with Gasteiger partial charge in [-0.1, -0.05) is 30.2 Å². The zero-order valence-electron chi connectivity index (χ0n) is 15.8. The third-order valence-corrected chi connectivity index (χ3v) is 8.76. The molecule has 0 radical (unpaired) electrons. The first-order valence-electron chi connectivity index (χ1n) is 10.0. The van der Waals surface area contributed by atoms with Gasteiger partial charge in [0.15, 0.2) is 0 Å². The summed E-state index contributed by atoms with van der Waals surface area (Å²) in [4.78, 5) is 0. The lowest BCUT2D eigenvalue weighted by molar-refractivity contribution is -0.0866. The summed E-state index contributed by atoms with van der Waals surface area (Å²) >= 11 is 0. The Morgan fingerprint density at radius 1 is 1.12 bits per heavy atom. The predicted molar refractivity (Wildman–Crippen MR) is 99.3 cm³/mol. The van der Waals surface area contributed by atoms with Crippen LogP contribution in [0.4, 0.5) is 0 Å². The van der Waals surface area contributed by atoms with Crippen LogP contribution in [-0.4, -0.2) is 21.8 Å². The lowest BCUT2D eigenvalue weighted by atomic mass is 9.44. The minimum Gasteiger partial charge on any atom is -0.411 e. The van der Waals surface area contributed by atoms with Crippen LogP contribution in [0.15, 0.2) is 22.0 Å². The van der Waals surface area contributed by atoms with E-state index >= 15 is 0 Å². The second-order valence-electron chi connectivity index (χ2n) is 9.52. The fraction of sp³-hybridized carbons (Fsp3) is 0.810. The third-order valence-electron chi connectivity index (χ3n) is 8.76. The van der Waals surface area contributed by atoms with Gasteiger partial charge >= 0.3 is 0 Å². The molecule has 3 saturated carbocycles. The number of hydrogen-bond donors (Lipinski definition) is 2. The van der Waals surface area contributed by atoms with E-state index in [4.69, 9.17) is 0 Å². The van der Waals surface area contributed by atoms with E-state index in [1.807, 2.05) is 6.92 Å². The highest BCUT2D eigenvalue weighted by molar-refractivity contribution is 5.99. The van der Waals surface area contributed by atoms with Gasteiger partial charge in [-0.3, -0.25) is 0 Å². The number of rotatable bonds is 1. The summed E-state index contributed by atoms with van der Waals surface area (Å²) in [6.45, 7) is 6.88. The van der Waals surface area contributed by atoms with Gasteiger partial charge in [-0.25, -0.2) is 0 Å². The molecule has 4 heteroatoms. The normalized spacial score (nSPS) is 48.5. The molecule has 138 valence electrons. The molecule has 0 aliphatic heterocycles. The summed E-state index contributed by atoms with van der Waals surface area (Å²) in [6, 6.07) is 0. The minimum absolute atomic E-state index is 0.188. The highest BCUT2D eigenvalue weighted by Crippen LogP contribution is 2.66. The topological polar surface area (TPSA) is 65.2 Å². The van der Waals surface area contributed by atoms with Crippen LogP contribution in [-0.2, 0) is 0 Å². The number of oxime groups is 2. The molecule has 0 aromatic carbocycles. The molecule has 0 bridgehead atoms. The molecule has 4 nitrogen and oxygen atoms in total. The van der Waals surface area contributed by atoms with Crippen molar-refractivity contribution in [3.63, 3.8) is 0 Å². The van der Waals surface area contributed by atoms with E-state index in [0.717, 1.165) is 42.5 Å². The molecule has 6 unspecified atom stereocenters. The van der Waals surface area contributed by atoms with Crippen LogP contribution in [0.2, 0.25) is 0 Å². The van der Waals surface area contributed by atoms with Gasteiger partial charge in [-0.2, -0.15) is 0 Å². The first-order valence-corrected chi connectivity index (χ1v) is 10.0. The van der Waals surface area contributed by atoms with E-state index in [9.17, 15) is 10.4 Å². The van der Waals surface area contributed by atoms with E-state index in [1.165, 1.54) is 37.7 Å². The second kappa shape index (κ2) is 5.85. The van der Waals surface area contributed by atoms with Gasteiger partial charge in [0, 0.05) is 0 Å². The van der Waals surface area contributed by atoms with Crippen molar-refractivity contribution < 1.29 is 10.4 Å². The van der Waals surface area contributed by atoms with Crippen molar-refractivity contribution in [1.29, 1.82) is 0 Å². The third kappa shape index (κ3) is 2.32. The average molecular weight is 344 g/mol. The maximum atomic E-state index is 9.29. The summed E-state index contributed by atoms with van der Waals surface area (Å²) in [6.07, 6.45) is 11.7. The van der Waals surface area contributed by atoms with Crippen LogP contribution < -0.4 is 0 Å². The molecule has 0 spiro atoms. The van der Waals surface area contributed by atoms with Gasteiger partial charge in [0.25, 0.3) is 0 Å². The zero-order valence-corrected chi connectivity index (χ0v) is 15.8. The van der Waals surface area contributed by atoms with Crippen LogP contribution in [0.1, 0.15) is 72.1 Å². The van der Waals surface area contributed by atoms with Gasteiger partial charge < -0.3 is 10.4 Å². The maximum Gasteiger partial charge on any atom is 0.0799 e. The summed E-state index contributed by atoms with van der Waals surface area (Å²) < 4.78 is 0. The number of nitrogens with zero attached hydrogens (tertiary/aromatic N) is 2. The fourth-order valence-electron chi connectivity index (χ4n) is 7.33. The summed E-state index contributed by atoms with van der Waals surface area (Å²) in [7, 11) is 0. The maximum absolute atomic E-state index is 9.29. The van der Waals surface area contributed by atoms with Gasteiger partial charge in [-0.05, 0) is 98.4 Å². The highest BCUT2D eigenvalue weighted by atomic mass is 16.4. The molecule has 0 heterocycles. The van der Waals surface area contributed by atoms with Gasteiger partial charge in [-0.15, -0.1) is 0 Å². The van der Waals surface area contributed by atoms with Crippen LogP contribution in [0.3, 0.4) is 0 Å². The zero-order chi connectivity index (χ0) is 17.8. The molecule has 0 amide bonds. The minimum atomic E-state index is 0.188. The molecular weight excluding hydrogens is 312 g/mol. The largest absolute Gasteiger partial charge is 0.411 e. The summed E-state index contributed by atoms with van der Waals surface area (Å²) in [5.74, 6) is 2.97. The Bertz CT molecular complexity index is 652. The van der Waals surface area contributed by atoms with Crippen molar-refractivity contribution in [2.45, 2.75) is 72.1 Å². The van der Waals surface area contributed by atoms with Crippen molar-refractivity contribution in [2.24, 2.45) is 44.8 Å². The quantitative estimate of drug-likeness (QED) is 0.388. The molecule has 6 atom stereocenters. The molecule has 4 aliphatic rings. The Kier molecular flexibility index (Phi) is 4.01. The number of hydrogen-bond acceptors (Lipinski definition) is 4. The lowest BCUT2D eigenvalue weighted by Gasteiger charge is -2.60. The SMILES string of the molecule is CC(=NO)C1=CCC2C3CCC4CC(=NO)CCC4(C)C3CCC12C. The van der Waals surface area contributed by atoms with E-state index in [0.29, 0.717) is 17.3 Å². The molecular formula is C21H32N2O2. The Morgan fingerprint density at radius 2 is 1.92 bits per heavy atom. The van der Waals surface area contributed by atoms with Crippen molar-refractivity contribution in [2.75, 3.05) is 0 Å². The van der Waals surface area contributed by atoms with Crippen LogP contribution >= 0.6 is 0 Å².